The molecular formula is C15H15NO6. The van der Waals surface area contributed by atoms with Gasteiger partial charge in [0.2, 0.25) is 0 Å². The SMILES string of the molecule is CC(=O)OC(/C=C/C=C/c1ccc([N+](=O)[O-])cc1)OC(C)=O. The molecule has 0 aliphatic rings. The molecule has 22 heavy (non-hydrogen) atoms. The normalized spacial score (nSPS) is 11.0. The molecule has 0 aromatic heterocycles. The Kier molecular flexibility index (Phi) is 6.49. The van der Waals surface area contributed by atoms with Crippen molar-refractivity contribution < 1.29 is 24.0 Å². The molecule has 0 atom stereocenters. The van der Waals surface area contributed by atoms with Gasteiger partial charge in [-0.05, 0) is 23.8 Å². The zero-order chi connectivity index (χ0) is 16.5. The maximum Gasteiger partial charge on any atom is 0.305 e. The number of benzene rings is 1. The van der Waals surface area contributed by atoms with E-state index in [2.05, 4.69) is 0 Å². The Labute approximate surface area is 127 Å². The minimum atomic E-state index is -1.09. The van der Waals surface area contributed by atoms with E-state index in [1.807, 2.05) is 0 Å². The Morgan fingerprint density at radius 3 is 2.09 bits per heavy atom. The van der Waals surface area contributed by atoms with Gasteiger partial charge in [0.1, 0.15) is 0 Å². The molecule has 0 fully saturated rings. The highest BCUT2D eigenvalue weighted by Crippen LogP contribution is 2.12. The molecule has 1 aromatic carbocycles. The Hall–Kier alpha value is -2.96. The minimum absolute atomic E-state index is 0.0115. The highest BCUT2D eigenvalue weighted by atomic mass is 16.7. The molecule has 0 amide bonds. The molecule has 0 radical (unpaired) electrons. The topological polar surface area (TPSA) is 95.7 Å². The molecule has 1 rings (SSSR count). The summed E-state index contributed by atoms with van der Waals surface area (Å²) in [6, 6.07) is 5.98. The van der Waals surface area contributed by atoms with Crippen molar-refractivity contribution in [2.24, 2.45) is 0 Å². The number of hydrogen-bond donors (Lipinski definition) is 0. The van der Waals surface area contributed by atoms with Gasteiger partial charge in [0.25, 0.3) is 12.0 Å². The number of carbonyl (C=O) groups excluding carboxylic acids is 2. The first kappa shape index (κ1) is 17.1. The summed E-state index contributed by atoms with van der Waals surface area (Å²) in [5.41, 5.74) is 0.768. The molecule has 116 valence electrons. The molecule has 0 aliphatic carbocycles. The number of rotatable bonds is 6. The summed E-state index contributed by atoms with van der Waals surface area (Å²) >= 11 is 0. The Morgan fingerprint density at radius 2 is 1.64 bits per heavy atom. The van der Waals surface area contributed by atoms with Crippen molar-refractivity contribution >= 4 is 23.7 Å². The zero-order valence-corrected chi connectivity index (χ0v) is 12.1. The van der Waals surface area contributed by atoms with E-state index < -0.39 is 23.2 Å². The molecule has 0 spiro atoms. The fraction of sp³-hybridized carbons (Fsp3) is 0.200. The van der Waals surface area contributed by atoms with Crippen LogP contribution in [0.2, 0.25) is 0 Å². The van der Waals surface area contributed by atoms with Crippen LogP contribution >= 0.6 is 0 Å². The predicted molar refractivity (Wildman–Crippen MR) is 78.6 cm³/mol. The number of allylic oxidation sites excluding steroid dienone is 2. The van der Waals surface area contributed by atoms with E-state index >= 15 is 0 Å². The van der Waals surface area contributed by atoms with E-state index in [4.69, 9.17) is 9.47 Å². The van der Waals surface area contributed by atoms with E-state index in [0.29, 0.717) is 0 Å². The molecule has 0 heterocycles. The Morgan fingerprint density at radius 1 is 1.09 bits per heavy atom. The van der Waals surface area contributed by atoms with Crippen LogP contribution in [0.5, 0.6) is 0 Å². The number of nitro groups is 1. The van der Waals surface area contributed by atoms with Crippen LogP contribution in [0.25, 0.3) is 6.08 Å². The van der Waals surface area contributed by atoms with Crippen LogP contribution < -0.4 is 0 Å². The maximum absolute atomic E-state index is 10.9. The average Bonchev–Trinajstić information content (AvgIpc) is 2.42. The van der Waals surface area contributed by atoms with Crippen molar-refractivity contribution in [2.75, 3.05) is 0 Å². The predicted octanol–water partition coefficient (Wildman–Crippen LogP) is 2.62. The largest absolute Gasteiger partial charge is 0.421 e. The van der Waals surface area contributed by atoms with Gasteiger partial charge in [0.15, 0.2) is 0 Å². The van der Waals surface area contributed by atoms with Gasteiger partial charge >= 0.3 is 11.9 Å². The van der Waals surface area contributed by atoms with Gasteiger partial charge in [-0.15, -0.1) is 0 Å². The first-order valence-corrected chi connectivity index (χ1v) is 6.32. The molecule has 0 saturated heterocycles. The lowest BCUT2D eigenvalue weighted by Gasteiger charge is -2.11. The van der Waals surface area contributed by atoms with Crippen LogP contribution in [0, 0.1) is 10.1 Å². The van der Waals surface area contributed by atoms with Crippen LogP contribution in [-0.2, 0) is 19.1 Å². The van der Waals surface area contributed by atoms with Gasteiger partial charge in [0.05, 0.1) is 4.92 Å². The molecule has 0 unspecified atom stereocenters. The van der Waals surface area contributed by atoms with Crippen LogP contribution in [0.3, 0.4) is 0 Å². The second kappa shape index (κ2) is 8.35. The molecule has 7 nitrogen and oxygen atoms in total. The second-order valence-corrected chi connectivity index (χ2v) is 4.18. The van der Waals surface area contributed by atoms with E-state index in [-0.39, 0.29) is 5.69 Å². The van der Waals surface area contributed by atoms with Gasteiger partial charge < -0.3 is 9.47 Å². The first-order chi connectivity index (χ1) is 10.4. The molecule has 0 bridgehead atoms. The molecule has 0 aliphatic heterocycles. The van der Waals surface area contributed by atoms with E-state index in [9.17, 15) is 19.7 Å². The maximum atomic E-state index is 10.9. The third-order valence-electron chi connectivity index (χ3n) is 2.34. The lowest BCUT2D eigenvalue weighted by atomic mass is 10.2. The smallest absolute Gasteiger partial charge is 0.305 e. The summed E-state index contributed by atoms with van der Waals surface area (Å²) in [7, 11) is 0. The van der Waals surface area contributed by atoms with Crippen LogP contribution in [0.4, 0.5) is 5.69 Å². The summed E-state index contributed by atoms with van der Waals surface area (Å²) in [5, 5.41) is 10.5. The Balaban J connectivity index is 2.66. The molecule has 1 aromatic rings. The van der Waals surface area contributed by atoms with Gasteiger partial charge in [-0.2, -0.15) is 0 Å². The Bertz CT molecular complexity index is 587. The van der Waals surface area contributed by atoms with Gasteiger partial charge in [-0.25, -0.2) is 0 Å². The van der Waals surface area contributed by atoms with Gasteiger partial charge in [0, 0.05) is 26.0 Å². The van der Waals surface area contributed by atoms with Crippen molar-refractivity contribution in [1.29, 1.82) is 0 Å². The monoisotopic (exact) mass is 305 g/mol. The molecule has 7 heteroatoms. The lowest BCUT2D eigenvalue weighted by molar-refractivity contribution is -0.384. The second-order valence-electron chi connectivity index (χ2n) is 4.18. The number of hydrogen-bond acceptors (Lipinski definition) is 6. The third-order valence-corrected chi connectivity index (χ3v) is 2.34. The van der Waals surface area contributed by atoms with Gasteiger partial charge in [-0.1, -0.05) is 18.2 Å². The quantitative estimate of drug-likeness (QED) is 0.263. The highest BCUT2D eigenvalue weighted by molar-refractivity contribution is 5.68. The van der Waals surface area contributed by atoms with Crippen LogP contribution in [-0.4, -0.2) is 23.2 Å². The fourth-order valence-electron chi connectivity index (χ4n) is 1.46. The van der Waals surface area contributed by atoms with Crippen molar-refractivity contribution in [3.8, 4) is 0 Å². The first-order valence-electron chi connectivity index (χ1n) is 6.32. The fourth-order valence-corrected chi connectivity index (χ4v) is 1.46. The third kappa shape index (κ3) is 6.47. The van der Waals surface area contributed by atoms with E-state index in [1.165, 1.54) is 38.1 Å². The lowest BCUT2D eigenvalue weighted by Crippen LogP contribution is -2.19. The summed E-state index contributed by atoms with van der Waals surface area (Å²) in [4.78, 5) is 31.8. The number of nitrogens with zero attached hydrogens (tertiary/aromatic N) is 1. The summed E-state index contributed by atoms with van der Waals surface area (Å²) in [5.74, 6) is -1.15. The van der Waals surface area contributed by atoms with Crippen LogP contribution in [0.15, 0.2) is 42.5 Å². The zero-order valence-electron chi connectivity index (χ0n) is 12.1. The molecular weight excluding hydrogens is 290 g/mol. The van der Waals surface area contributed by atoms with Crippen molar-refractivity contribution in [2.45, 2.75) is 20.1 Å². The van der Waals surface area contributed by atoms with Crippen molar-refractivity contribution in [3.63, 3.8) is 0 Å². The number of carbonyl (C=O) groups is 2. The van der Waals surface area contributed by atoms with E-state index in [1.54, 1.807) is 24.3 Å². The van der Waals surface area contributed by atoms with Gasteiger partial charge in [-0.3, -0.25) is 19.7 Å². The highest BCUT2D eigenvalue weighted by Gasteiger charge is 2.10. The minimum Gasteiger partial charge on any atom is -0.421 e. The molecule has 0 N–H and O–H groups in total. The number of nitro benzene ring substituents is 1. The summed E-state index contributed by atoms with van der Waals surface area (Å²) in [6.07, 6.45) is 5.17. The van der Waals surface area contributed by atoms with E-state index in [0.717, 1.165) is 5.56 Å². The average molecular weight is 305 g/mol. The number of ether oxygens (including phenoxy) is 2. The van der Waals surface area contributed by atoms with Crippen molar-refractivity contribution in [1.82, 2.24) is 0 Å². The summed E-state index contributed by atoms with van der Waals surface area (Å²) < 4.78 is 9.56. The van der Waals surface area contributed by atoms with Crippen molar-refractivity contribution in [3.05, 3.63) is 58.2 Å². The molecule has 0 saturated carbocycles. The van der Waals surface area contributed by atoms with Crippen LogP contribution in [0.1, 0.15) is 19.4 Å². The number of esters is 2. The summed E-state index contributed by atoms with van der Waals surface area (Å²) in [6.45, 7) is 2.41. The number of non-ortho nitro benzene ring substituents is 1. The standard InChI is InChI=1S/C15H15NO6/c1-11(17)21-15(22-12(2)18)6-4-3-5-13-7-9-14(10-8-13)16(19)20/h3-10,15H,1-2H3/b5-3+,6-4+.